The van der Waals surface area contributed by atoms with Crippen molar-refractivity contribution < 1.29 is 22.6 Å². The van der Waals surface area contributed by atoms with E-state index in [0.717, 1.165) is 5.56 Å². The number of aryl methyl sites for hydroxylation is 1. The minimum absolute atomic E-state index is 0.528. The van der Waals surface area contributed by atoms with Crippen LogP contribution in [0.2, 0.25) is 0 Å². The van der Waals surface area contributed by atoms with E-state index in [1.54, 1.807) is 24.3 Å². The summed E-state index contributed by atoms with van der Waals surface area (Å²) in [5.41, 5.74) is 1.12. The summed E-state index contributed by atoms with van der Waals surface area (Å²) in [6.07, 6.45) is 0. The van der Waals surface area contributed by atoms with Gasteiger partial charge < -0.3 is 0 Å². The average molecular weight is 354 g/mol. The van der Waals surface area contributed by atoms with Gasteiger partial charge in [-0.1, -0.05) is 0 Å². The van der Waals surface area contributed by atoms with Crippen LogP contribution in [0.15, 0.2) is 72.8 Å². The summed E-state index contributed by atoms with van der Waals surface area (Å²) in [5.74, 6) is 2.66. The Kier molecular flexibility index (Phi) is 2.77. The summed E-state index contributed by atoms with van der Waals surface area (Å²) >= 11 is 0. The van der Waals surface area contributed by atoms with Crippen LogP contribution in [0.1, 0.15) is 5.56 Å². The van der Waals surface area contributed by atoms with Crippen LogP contribution in [0.4, 0.5) is 0 Å². The Morgan fingerprint density at radius 1 is 0.600 bits per heavy atom. The van der Waals surface area contributed by atoms with E-state index in [9.17, 15) is 0 Å². The van der Waals surface area contributed by atoms with Gasteiger partial charge in [-0.25, -0.2) is 0 Å². The van der Waals surface area contributed by atoms with Crippen molar-refractivity contribution in [1.29, 1.82) is 0 Å². The van der Waals surface area contributed by atoms with E-state index in [-0.39, 0.29) is 0 Å². The Morgan fingerprint density at radius 2 is 1.00 bits per heavy atom. The van der Waals surface area contributed by atoms with E-state index >= 15 is 0 Å². The van der Waals surface area contributed by atoms with Crippen molar-refractivity contribution in [3.63, 3.8) is 0 Å². The van der Waals surface area contributed by atoms with E-state index in [2.05, 4.69) is 0 Å². The summed E-state index contributed by atoms with van der Waals surface area (Å²) in [5, 5.41) is 0. The Hall–Kier alpha value is -2.91. The molecule has 0 aliphatic carbocycles. The van der Waals surface area contributed by atoms with Gasteiger partial charge >= 0.3 is 144 Å². The molecule has 0 aromatic heterocycles. The zero-order valence-corrected chi connectivity index (χ0v) is 14.3. The maximum absolute atomic E-state index is 6.17. The van der Waals surface area contributed by atoms with E-state index in [4.69, 9.17) is 22.6 Å². The number of rotatable bonds is 2. The summed E-state index contributed by atoms with van der Waals surface area (Å²) in [4.78, 5) is 0. The molecule has 126 valence electrons. The second kappa shape index (κ2) is 4.80. The van der Waals surface area contributed by atoms with Gasteiger partial charge in [0.25, 0.3) is 0 Å². The molecule has 0 saturated heterocycles. The van der Waals surface area contributed by atoms with Gasteiger partial charge in [0, 0.05) is 0 Å². The number of hydrogen-bond acceptors (Lipinski definition) is 5. The third kappa shape index (κ3) is 2.20. The van der Waals surface area contributed by atoms with Crippen molar-refractivity contribution in [1.82, 2.24) is 0 Å². The van der Waals surface area contributed by atoms with Crippen LogP contribution in [0.25, 0.3) is 0 Å². The molecular weight excluding hydrogens is 339 g/mol. The molecule has 0 fully saturated rings. The fraction of sp³-hybridized carbons (Fsp3) is 0.0526. The molecular formula is C19H15O5P. The summed E-state index contributed by atoms with van der Waals surface area (Å²) < 4.78 is 30.6. The van der Waals surface area contributed by atoms with E-state index in [1.807, 2.05) is 55.5 Å². The first kappa shape index (κ1) is 14.4. The molecule has 1 spiro atoms. The van der Waals surface area contributed by atoms with E-state index in [1.165, 1.54) is 0 Å². The number of fused-ring (bicyclic) bond motifs is 2. The quantitative estimate of drug-likeness (QED) is 0.573. The minimum atomic E-state index is -4.38. The molecule has 0 N–H and O–H groups in total. The molecule has 6 heteroatoms. The molecule has 2 aliphatic heterocycles. The predicted molar refractivity (Wildman–Crippen MR) is 94.1 cm³/mol. The molecule has 25 heavy (non-hydrogen) atoms. The van der Waals surface area contributed by atoms with Crippen molar-refractivity contribution in [2.24, 2.45) is 0 Å². The number of hydrogen-bond donors (Lipinski definition) is 0. The monoisotopic (exact) mass is 354 g/mol. The van der Waals surface area contributed by atoms with Gasteiger partial charge in [0.15, 0.2) is 0 Å². The fourth-order valence-corrected chi connectivity index (χ4v) is 5.53. The predicted octanol–water partition coefficient (Wildman–Crippen LogP) is 5.44. The Labute approximate surface area is 145 Å². The zero-order chi connectivity index (χ0) is 16.9. The molecule has 2 aliphatic rings. The summed E-state index contributed by atoms with van der Waals surface area (Å²) in [6.45, 7) is 2.01. The van der Waals surface area contributed by atoms with Crippen LogP contribution in [0.5, 0.6) is 28.7 Å². The van der Waals surface area contributed by atoms with E-state index < -0.39 is 7.74 Å². The molecule has 5 rings (SSSR count). The van der Waals surface area contributed by atoms with E-state index in [0.29, 0.717) is 28.7 Å². The Bertz CT molecular complexity index is 857. The summed E-state index contributed by atoms with van der Waals surface area (Å²) in [6, 6.07) is 22.2. The van der Waals surface area contributed by atoms with Crippen LogP contribution in [0.3, 0.4) is 0 Å². The van der Waals surface area contributed by atoms with Crippen LogP contribution in [0, 0.1) is 6.92 Å². The Morgan fingerprint density at radius 3 is 1.40 bits per heavy atom. The number of benzene rings is 3. The fourth-order valence-electron chi connectivity index (χ4n) is 2.80. The molecule has 3 aromatic carbocycles. The van der Waals surface area contributed by atoms with Crippen molar-refractivity contribution >= 4 is 7.74 Å². The van der Waals surface area contributed by atoms with Crippen molar-refractivity contribution in [3.05, 3.63) is 78.4 Å². The molecule has 0 amide bonds. The van der Waals surface area contributed by atoms with Crippen molar-refractivity contribution in [2.45, 2.75) is 6.92 Å². The molecule has 0 bridgehead atoms. The second-order valence-corrected chi connectivity index (χ2v) is 8.31. The van der Waals surface area contributed by atoms with Crippen LogP contribution in [-0.4, -0.2) is 0 Å². The van der Waals surface area contributed by atoms with Crippen LogP contribution >= 0.6 is 7.74 Å². The van der Waals surface area contributed by atoms with Crippen molar-refractivity contribution in [2.75, 3.05) is 0 Å². The maximum atomic E-state index is 6.17. The van der Waals surface area contributed by atoms with Gasteiger partial charge in [-0.15, -0.1) is 0 Å². The molecule has 3 aromatic rings. The molecule has 5 nitrogen and oxygen atoms in total. The first-order chi connectivity index (χ1) is 12.1. The molecule has 0 saturated carbocycles. The third-order valence-corrected chi connectivity index (χ3v) is 6.45. The van der Waals surface area contributed by atoms with Gasteiger partial charge in [-0.05, 0) is 0 Å². The van der Waals surface area contributed by atoms with Gasteiger partial charge in [-0.2, -0.15) is 0 Å². The van der Waals surface area contributed by atoms with Crippen molar-refractivity contribution in [3.8, 4) is 28.7 Å². The standard InChI is InChI=1S/C19H15O5P/c1-14-10-12-15(13-11-14)20-25(21-16-6-2-3-7-17(16)22-25)23-18-8-4-5-9-19(18)24-25/h2-13H,1H3. The molecule has 0 radical (unpaired) electrons. The third-order valence-electron chi connectivity index (χ3n) is 3.96. The first-order valence-corrected chi connectivity index (χ1v) is 9.74. The van der Waals surface area contributed by atoms with Crippen LogP contribution < -0.4 is 22.6 Å². The van der Waals surface area contributed by atoms with Crippen LogP contribution in [-0.2, 0) is 0 Å². The number of para-hydroxylation sites is 4. The van der Waals surface area contributed by atoms with Gasteiger partial charge in [0.1, 0.15) is 0 Å². The SMILES string of the molecule is Cc1ccc(OP23(Oc4ccccc4O2)Oc2ccccc2O3)cc1. The zero-order valence-electron chi connectivity index (χ0n) is 13.4. The Balaban J connectivity index is 1.62. The second-order valence-electron chi connectivity index (χ2n) is 5.91. The molecule has 0 atom stereocenters. The van der Waals surface area contributed by atoms with Gasteiger partial charge in [0.2, 0.25) is 0 Å². The van der Waals surface area contributed by atoms with Gasteiger partial charge in [0.05, 0.1) is 0 Å². The first-order valence-electron chi connectivity index (χ1n) is 7.91. The average Bonchev–Trinajstić information content (AvgIpc) is 3.10. The topological polar surface area (TPSA) is 46.2 Å². The molecule has 2 heterocycles. The molecule has 0 unspecified atom stereocenters. The summed E-state index contributed by atoms with van der Waals surface area (Å²) in [7, 11) is -4.38. The van der Waals surface area contributed by atoms with Gasteiger partial charge in [-0.3, -0.25) is 0 Å². The normalized spacial score (nSPS) is 19.2.